The summed E-state index contributed by atoms with van der Waals surface area (Å²) in [6.45, 7) is 17.0. The quantitative estimate of drug-likeness (QED) is 0.417. The summed E-state index contributed by atoms with van der Waals surface area (Å²) >= 11 is 0. The average molecular weight is 385 g/mol. The van der Waals surface area contributed by atoms with E-state index in [0.29, 0.717) is 21.7 Å². The Morgan fingerprint density at radius 1 is 0.643 bits per heavy atom. The molecular weight excluding hydrogens is 340 g/mol. The molecule has 0 unspecified atom stereocenters. The van der Waals surface area contributed by atoms with E-state index in [4.69, 9.17) is 9.98 Å². The maximum absolute atomic E-state index is 5.09. The lowest BCUT2D eigenvalue weighted by molar-refractivity contribution is 0.193. The van der Waals surface area contributed by atoms with Crippen LogP contribution in [0, 0.1) is 33.5 Å². The van der Waals surface area contributed by atoms with Crippen LogP contribution in [-0.2, 0) is 0 Å². The van der Waals surface area contributed by atoms with E-state index in [1.54, 1.807) is 11.4 Å². The van der Waals surface area contributed by atoms with Crippen LogP contribution in [0.2, 0.25) is 0 Å². The molecule has 0 aromatic rings. The molecule has 0 radical (unpaired) electrons. The van der Waals surface area contributed by atoms with Gasteiger partial charge in [-0.05, 0) is 74.0 Å². The number of hydrogen-bond donors (Lipinski definition) is 0. The van der Waals surface area contributed by atoms with Crippen LogP contribution in [0.25, 0.3) is 0 Å². The summed E-state index contributed by atoms with van der Waals surface area (Å²) < 4.78 is 0. The third-order valence-corrected chi connectivity index (χ3v) is 10.7. The fourth-order valence-electron chi connectivity index (χ4n) is 7.34. The van der Waals surface area contributed by atoms with E-state index in [0.717, 1.165) is 24.9 Å². The molecule has 4 aliphatic carbocycles. The maximum Gasteiger partial charge on any atom is 0.0388 e. The highest BCUT2D eigenvalue weighted by Crippen LogP contribution is 2.64. The summed E-state index contributed by atoms with van der Waals surface area (Å²) in [5, 5.41) is 0. The van der Waals surface area contributed by atoms with E-state index in [1.807, 2.05) is 0 Å². The molecule has 28 heavy (non-hydrogen) atoms. The largest absolute Gasteiger partial charge is 0.294 e. The molecule has 0 aliphatic heterocycles. The number of fused-ring (bicyclic) bond motifs is 4. The topological polar surface area (TPSA) is 24.7 Å². The lowest BCUT2D eigenvalue weighted by atomic mass is 9.70. The van der Waals surface area contributed by atoms with Crippen LogP contribution < -0.4 is 0 Å². The molecule has 2 nitrogen and oxygen atoms in total. The van der Waals surface area contributed by atoms with Crippen LogP contribution >= 0.6 is 0 Å². The summed E-state index contributed by atoms with van der Waals surface area (Å²) in [5.74, 6) is 1.76. The minimum absolute atomic E-state index is 0.387. The third kappa shape index (κ3) is 2.87. The molecule has 0 aromatic heterocycles. The van der Waals surface area contributed by atoms with Gasteiger partial charge in [-0.15, -0.1) is 0 Å². The van der Waals surface area contributed by atoms with Gasteiger partial charge in [0.1, 0.15) is 0 Å². The van der Waals surface area contributed by atoms with Crippen molar-refractivity contribution in [2.24, 2.45) is 43.5 Å². The van der Waals surface area contributed by atoms with Crippen LogP contribution in [0.1, 0.15) is 106 Å². The first-order valence-electron chi connectivity index (χ1n) is 12.2. The zero-order valence-electron chi connectivity index (χ0n) is 19.5. The summed E-state index contributed by atoms with van der Waals surface area (Å²) in [4.78, 5) is 10.2. The fourth-order valence-corrected chi connectivity index (χ4v) is 7.34. The first-order valence-corrected chi connectivity index (χ1v) is 12.2. The summed E-state index contributed by atoms with van der Waals surface area (Å²) in [6, 6.07) is 0. The normalized spacial score (nSPS) is 42.9. The van der Waals surface area contributed by atoms with Crippen LogP contribution in [0.3, 0.4) is 0 Å². The lowest BCUT2D eigenvalue weighted by Gasteiger charge is -2.34. The molecule has 2 heteroatoms. The molecule has 4 bridgehead atoms. The van der Waals surface area contributed by atoms with Crippen molar-refractivity contribution in [2.75, 3.05) is 13.1 Å². The van der Waals surface area contributed by atoms with Crippen molar-refractivity contribution >= 4 is 11.4 Å². The van der Waals surface area contributed by atoms with Crippen molar-refractivity contribution in [1.82, 2.24) is 0 Å². The van der Waals surface area contributed by atoms with Gasteiger partial charge in [0.15, 0.2) is 0 Å². The Kier molecular flexibility index (Phi) is 5.11. The zero-order valence-corrected chi connectivity index (χ0v) is 19.5. The van der Waals surface area contributed by atoms with Gasteiger partial charge < -0.3 is 0 Å². The van der Waals surface area contributed by atoms with Gasteiger partial charge in [-0.3, -0.25) is 9.98 Å². The molecule has 4 atom stereocenters. The minimum Gasteiger partial charge on any atom is -0.294 e. The highest BCUT2D eigenvalue weighted by Gasteiger charge is 2.60. The summed E-state index contributed by atoms with van der Waals surface area (Å²) in [7, 11) is 0. The molecule has 158 valence electrons. The standard InChI is InChI=1S/C26H44N2/c1-23(2)19-11-13-25(23,5)21(17-19)27-15-9-7-8-10-16-28-22-18-20-12-14-26(22,6)24(20,3)4/h19-20H,7-18H2,1-6H3/t19-,20-,25-,26-/m1/s1. The third-order valence-electron chi connectivity index (χ3n) is 10.7. The Morgan fingerprint density at radius 2 is 1.04 bits per heavy atom. The van der Waals surface area contributed by atoms with Gasteiger partial charge in [-0.1, -0.05) is 54.4 Å². The van der Waals surface area contributed by atoms with Crippen molar-refractivity contribution in [3.05, 3.63) is 0 Å². The number of aliphatic imine (C=N–C) groups is 2. The summed E-state index contributed by atoms with van der Waals surface area (Å²) in [5.41, 5.74) is 4.81. The molecule has 0 amide bonds. The predicted molar refractivity (Wildman–Crippen MR) is 122 cm³/mol. The van der Waals surface area contributed by atoms with E-state index in [1.165, 1.54) is 64.2 Å². The zero-order chi connectivity index (χ0) is 20.2. The average Bonchev–Trinajstić information content (AvgIpc) is 3.15. The van der Waals surface area contributed by atoms with E-state index >= 15 is 0 Å². The molecule has 4 rings (SSSR count). The van der Waals surface area contributed by atoms with Crippen LogP contribution in [-0.4, -0.2) is 24.5 Å². The smallest absolute Gasteiger partial charge is 0.0388 e. The number of rotatable bonds is 7. The molecule has 0 spiro atoms. The van der Waals surface area contributed by atoms with Crippen LogP contribution in [0.4, 0.5) is 0 Å². The number of hydrogen-bond acceptors (Lipinski definition) is 2. The first-order chi connectivity index (χ1) is 13.1. The highest BCUT2D eigenvalue weighted by molar-refractivity contribution is 5.94. The molecule has 0 heterocycles. The van der Waals surface area contributed by atoms with Gasteiger partial charge in [0.05, 0.1) is 0 Å². The molecule has 0 N–H and O–H groups in total. The summed E-state index contributed by atoms with van der Waals surface area (Å²) in [6.07, 6.45) is 13.3. The second-order valence-electron chi connectivity index (χ2n) is 12.1. The van der Waals surface area contributed by atoms with Gasteiger partial charge in [0, 0.05) is 35.3 Å². The second-order valence-corrected chi connectivity index (χ2v) is 12.1. The van der Waals surface area contributed by atoms with E-state index in [2.05, 4.69) is 41.5 Å². The fraction of sp³-hybridized carbons (Fsp3) is 0.923. The first kappa shape index (κ1) is 20.6. The van der Waals surface area contributed by atoms with Crippen molar-refractivity contribution < 1.29 is 0 Å². The van der Waals surface area contributed by atoms with Crippen LogP contribution in [0.15, 0.2) is 9.98 Å². The van der Waals surface area contributed by atoms with E-state index in [-0.39, 0.29) is 0 Å². The van der Waals surface area contributed by atoms with Crippen molar-refractivity contribution in [1.29, 1.82) is 0 Å². The molecule has 4 fully saturated rings. The number of nitrogens with zero attached hydrogens (tertiary/aromatic N) is 2. The maximum atomic E-state index is 5.09. The lowest BCUT2D eigenvalue weighted by Crippen LogP contribution is -2.32. The molecule has 0 saturated heterocycles. The van der Waals surface area contributed by atoms with E-state index in [9.17, 15) is 0 Å². The second kappa shape index (κ2) is 6.95. The van der Waals surface area contributed by atoms with Crippen molar-refractivity contribution in [3.8, 4) is 0 Å². The Morgan fingerprint density at radius 3 is 1.32 bits per heavy atom. The van der Waals surface area contributed by atoms with Gasteiger partial charge in [-0.25, -0.2) is 0 Å². The van der Waals surface area contributed by atoms with Gasteiger partial charge in [0.2, 0.25) is 0 Å². The molecular formula is C26H44N2. The minimum atomic E-state index is 0.387. The van der Waals surface area contributed by atoms with E-state index < -0.39 is 0 Å². The van der Waals surface area contributed by atoms with Crippen LogP contribution in [0.5, 0.6) is 0 Å². The number of unbranched alkanes of at least 4 members (excludes halogenated alkanes) is 3. The van der Waals surface area contributed by atoms with Gasteiger partial charge in [0.25, 0.3) is 0 Å². The Balaban J connectivity index is 1.16. The Bertz CT molecular complexity index is 612. The predicted octanol–water partition coefficient (Wildman–Crippen LogP) is 7.12. The Labute approximate surface area is 174 Å². The SMILES string of the molecule is CC1(C)[C@@H]2CC[C@]1(C)C(=NCCCCCCN=C1C[C@H]3CC[C@@]1(C)C3(C)C)C2. The molecule has 4 aliphatic rings. The van der Waals surface area contributed by atoms with Crippen molar-refractivity contribution in [2.45, 2.75) is 106 Å². The van der Waals surface area contributed by atoms with Crippen molar-refractivity contribution in [3.63, 3.8) is 0 Å². The van der Waals surface area contributed by atoms with Gasteiger partial charge in [-0.2, -0.15) is 0 Å². The highest BCUT2D eigenvalue weighted by atomic mass is 14.8. The molecule has 4 saturated carbocycles. The molecule has 0 aromatic carbocycles. The van der Waals surface area contributed by atoms with Gasteiger partial charge >= 0.3 is 0 Å². The monoisotopic (exact) mass is 384 g/mol. The Hall–Kier alpha value is -0.660.